The lowest BCUT2D eigenvalue weighted by Gasteiger charge is -2.09. The predicted molar refractivity (Wildman–Crippen MR) is 63.7 cm³/mol. The van der Waals surface area contributed by atoms with Crippen molar-refractivity contribution in [2.45, 2.75) is 13.0 Å². The zero-order valence-corrected chi connectivity index (χ0v) is 10.7. The van der Waals surface area contributed by atoms with E-state index >= 15 is 0 Å². The van der Waals surface area contributed by atoms with Crippen LogP contribution in [-0.4, -0.2) is 23.0 Å². The van der Waals surface area contributed by atoms with Crippen molar-refractivity contribution in [3.8, 4) is 0 Å². The third-order valence-electron chi connectivity index (χ3n) is 1.90. The van der Waals surface area contributed by atoms with Crippen LogP contribution in [0.1, 0.15) is 17.3 Å². The van der Waals surface area contributed by atoms with Crippen molar-refractivity contribution in [3.63, 3.8) is 0 Å². The van der Waals surface area contributed by atoms with Gasteiger partial charge in [-0.2, -0.15) is 0 Å². The second-order valence-corrected chi connectivity index (χ2v) is 4.42. The van der Waals surface area contributed by atoms with Crippen molar-refractivity contribution in [2.75, 3.05) is 0 Å². The first kappa shape index (κ1) is 13.0. The van der Waals surface area contributed by atoms with Crippen molar-refractivity contribution >= 4 is 39.4 Å². The SMILES string of the molecule is C[C@@H](NC(=O)c1ccc(Br)c(Cl)c1)C(=O)O. The maximum absolute atomic E-state index is 11.6. The van der Waals surface area contributed by atoms with Gasteiger partial charge in [-0.05, 0) is 41.1 Å². The van der Waals surface area contributed by atoms with Gasteiger partial charge in [0.2, 0.25) is 0 Å². The molecule has 1 aromatic rings. The third-order valence-corrected chi connectivity index (χ3v) is 3.13. The molecule has 2 N–H and O–H groups in total. The Kier molecular flexibility index (Phi) is 4.32. The molecule has 0 bridgehead atoms. The molecule has 0 heterocycles. The maximum atomic E-state index is 11.6. The van der Waals surface area contributed by atoms with Gasteiger partial charge in [0.15, 0.2) is 0 Å². The molecule has 6 heteroatoms. The number of carbonyl (C=O) groups excluding carboxylic acids is 1. The topological polar surface area (TPSA) is 66.4 Å². The molecule has 16 heavy (non-hydrogen) atoms. The first-order chi connectivity index (χ1) is 7.41. The standard InChI is InChI=1S/C10H9BrClNO3/c1-5(10(15)16)13-9(14)6-2-3-7(11)8(12)4-6/h2-5H,1H3,(H,13,14)(H,15,16)/t5-/m1/s1. The van der Waals surface area contributed by atoms with Crippen LogP contribution >= 0.6 is 27.5 Å². The Morgan fingerprint density at radius 3 is 2.62 bits per heavy atom. The summed E-state index contributed by atoms with van der Waals surface area (Å²) in [6, 6.07) is 3.72. The van der Waals surface area contributed by atoms with Gasteiger partial charge in [0.05, 0.1) is 5.02 Å². The van der Waals surface area contributed by atoms with E-state index in [-0.39, 0.29) is 0 Å². The normalized spacial score (nSPS) is 11.9. The minimum Gasteiger partial charge on any atom is -0.480 e. The van der Waals surface area contributed by atoms with E-state index in [1.54, 1.807) is 12.1 Å². The van der Waals surface area contributed by atoms with Crippen LogP contribution in [0.3, 0.4) is 0 Å². The summed E-state index contributed by atoms with van der Waals surface area (Å²) in [5.41, 5.74) is 0.321. The van der Waals surface area contributed by atoms with Crippen LogP contribution in [0.4, 0.5) is 0 Å². The Morgan fingerprint density at radius 1 is 1.50 bits per heavy atom. The number of halogens is 2. The average Bonchev–Trinajstić information content (AvgIpc) is 2.21. The van der Waals surface area contributed by atoms with Crippen LogP contribution in [0.25, 0.3) is 0 Å². The minimum atomic E-state index is -1.09. The molecule has 86 valence electrons. The first-order valence-electron chi connectivity index (χ1n) is 4.40. The molecule has 0 aromatic heterocycles. The van der Waals surface area contributed by atoms with Crippen LogP contribution in [0, 0.1) is 0 Å². The summed E-state index contributed by atoms with van der Waals surface area (Å²) in [5.74, 6) is -1.55. The van der Waals surface area contributed by atoms with Crippen LogP contribution in [0.5, 0.6) is 0 Å². The zero-order chi connectivity index (χ0) is 12.3. The highest BCUT2D eigenvalue weighted by molar-refractivity contribution is 9.10. The Labute approximate surface area is 106 Å². The predicted octanol–water partition coefficient (Wildman–Crippen LogP) is 2.31. The fourth-order valence-electron chi connectivity index (χ4n) is 0.979. The molecule has 0 aliphatic heterocycles. The highest BCUT2D eigenvalue weighted by Crippen LogP contribution is 2.23. The Hall–Kier alpha value is -1.07. The number of nitrogens with one attached hydrogen (secondary N) is 1. The number of aliphatic carboxylic acids is 1. The van der Waals surface area contributed by atoms with Gasteiger partial charge < -0.3 is 10.4 Å². The van der Waals surface area contributed by atoms with Gasteiger partial charge in [0, 0.05) is 10.0 Å². The van der Waals surface area contributed by atoms with Crippen LogP contribution < -0.4 is 5.32 Å². The quantitative estimate of drug-likeness (QED) is 0.900. The highest BCUT2D eigenvalue weighted by Gasteiger charge is 2.15. The van der Waals surface area contributed by atoms with Gasteiger partial charge in [-0.15, -0.1) is 0 Å². The molecule has 1 rings (SSSR count). The first-order valence-corrected chi connectivity index (χ1v) is 5.57. The number of hydrogen-bond donors (Lipinski definition) is 2. The average molecular weight is 307 g/mol. The molecule has 0 aliphatic rings. The number of carbonyl (C=O) groups is 2. The summed E-state index contributed by atoms with van der Waals surface area (Å²) in [5, 5.41) is 11.4. The fraction of sp³-hybridized carbons (Fsp3) is 0.200. The smallest absolute Gasteiger partial charge is 0.325 e. The lowest BCUT2D eigenvalue weighted by molar-refractivity contribution is -0.138. The molecular weight excluding hydrogens is 297 g/mol. The molecule has 1 amide bonds. The second kappa shape index (κ2) is 5.32. The summed E-state index contributed by atoms with van der Waals surface area (Å²) in [6.07, 6.45) is 0. The van der Waals surface area contributed by atoms with E-state index in [1.807, 2.05) is 0 Å². The summed E-state index contributed by atoms with van der Waals surface area (Å²) in [4.78, 5) is 22.1. The minimum absolute atomic E-state index is 0.321. The molecule has 0 aliphatic carbocycles. The number of hydrogen-bond acceptors (Lipinski definition) is 2. The maximum Gasteiger partial charge on any atom is 0.325 e. The number of amides is 1. The number of carboxylic acids is 1. The van der Waals surface area contributed by atoms with Crippen LogP contribution in [0.2, 0.25) is 5.02 Å². The van der Waals surface area contributed by atoms with Gasteiger partial charge in [0.1, 0.15) is 6.04 Å². The van der Waals surface area contributed by atoms with Crippen molar-refractivity contribution in [3.05, 3.63) is 33.3 Å². The van der Waals surface area contributed by atoms with Gasteiger partial charge in [0.25, 0.3) is 5.91 Å². The fourth-order valence-corrected chi connectivity index (χ4v) is 1.41. The third kappa shape index (κ3) is 3.21. The van der Waals surface area contributed by atoms with Gasteiger partial charge in [-0.1, -0.05) is 11.6 Å². The molecule has 1 atom stereocenters. The molecule has 0 spiro atoms. The van der Waals surface area contributed by atoms with Crippen molar-refractivity contribution < 1.29 is 14.7 Å². The Morgan fingerprint density at radius 2 is 2.12 bits per heavy atom. The number of benzene rings is 1. The van der Waals surface area contributed by atoms with Crippen molar-refractivity contribution in [1.29, 1.82) is 0 Å². The highest BCUT2D eigenvalue weighted by atomic mass is 79.9. The molecule has 0 saturated carbocycles. The molecule has 1 aromatic carbocycles. The summed E-state index contributed by atoms with van der Waals surface area (Å²) in [7, 11) is 0. The number of carboxylic acid groups (broad SMARTS) is 1. The van der Waals surface area contributed by atoms with E-state index in [0.717, 1.165) is 0 Å². The van der Waals surface area contributed by atoms with E-state index in [1.165, 1.54) is 13.0 Å². The molecule has 0 unspecified atom stereocenters. The molecule has 4 nitrogen and oxygen atoms in total. The Balaban J connectivity index is 2.81. The van der Waals surface area contributed by atoms with E-state index in [2.05, 4.69) is 21.2 Å². The monoisotopic (exact) mass is 305 g/mol. The molecule has 0 radical (unpaired) electrons. The lowest BCUT2D eigenvalue weighted by Crippen LogP contribution is -2.38. The van der Waals surface area contributed by atoms with E-state index in [4.69, 9.17) is 16.7 Å². The second-order valence-electron chi connectivity index (χ2n) is 3.16. The van der Waals surface area contributed by atoms with E-state index in [0.29, 0.717) is 15.1 Å². The summed E-state index contributed by atoms with van der Waals surface area (Å²) in [6.45, 7) is 1.39. The summed E-state index contributed by atoms with van der Waals surface area (Å²) < 4.78 is 0.678. The molecular formula is C10H9BrClNO3. The molecule has 0 fully saturated rings. The van der Waals surface area contributed by atoms with Gasteiger partial charge in [-0.3, -0.25) is 9.59 Å². The zero-order valence-electron chi connectivity index (χ0n) is 8.33. The van der Waals surface area contributed by atoms with Crippen molar-refractivity contribution in [2.24, 2.45) is 0 Å². The Bertz CT molecular complexity index is 436. The van der Waals surface area contributed by atoms with Crippen LogP contribution in [0.15, 0.2) is 22.7 Å². The molecule has 0 saturated heterocycles. The lowest BCUT2D eigenvalue weighted by atomic mass is 10.2. The van der Waals surface area contributed by atoms with E-state index < -0.39 is 17.9 Å². The van der Waals surface area contributed by atoms with Crippen LogP contribution in [-0.2, 0) is 4.79 Å². The van der Waals surface area contributed by atoms with Crippen molar-refractivity contribution in [1.82, 2.24) is 5.32 Å². The summed E-state index contributed by atoms with van der Waals surface area (Å²) >= 11 is 9.01. The van der Waals surface area contributed by atoms with Gasteiger partial charge >= 0.3 is 5.97 Å². The number of rotatable bonds is 3. The van der Waals surface area contributed by atoms with Gasteiger partial charge in [-0.25, -0.2) is 0 Å². The largest absolute Gasteiger partial charge is 0.480 e. The van der Waals surface area contributed by atoms with E-state index in [9.17, 15) is 9.59 Å².